The van der Waals surface area contributed by atoms with E-state index >= 15 is 0 Å². The van der Waals surface area contributed by atoms with Crippen molar-refractivity contribution in [2.45, 2.75) is 111 Å². The Labute approximate surface area is 175 Å². The van der Waals surface area contributed by atoms with E-state index in [2.05, 4.69) is 111 Å². The zero-order valence-electron chi connectivity index (χ0n) is 21.5. The molecule has 26 heavy (non-hydrogen) atoms. The molecule has 9 heteroatoms. The van der Waals surface area contributed by atoms with Crippen LogP contribution in [0.4, 0.5) is 0 Å². The van der Waals surface area contributed by atoms with E-state index in [1.807, 2.05) is 0 Å². The van der Waals surface area contributed by atoms with Gasteiger partial charge in [0.25, 0.3) is 0 Å². The van der Waals surface area contributed by atoms with Gasteiger partial charge in [-0.1, -0.05) is 111 Å². The minimum absolute atomic E-state index is 0.0990. The molecule has 1 radical (unpaired) electrons. The van der Waals surface area contributed by atoms with E-state index in [0.29, 0.717) is 0 Å². The molecular formula is C17H51Si9. The molecule has 0 atom stereocenters. The number of rotatable bonds is 3. The van der Waals surface area contributed by atoms with E-state index in [0.717, 1.165) is 0 Å². The van der Waals surface area contributed by atoms with Gasteiger partial charge in [-0.2, -0.15) is 0 Å². The van der Waals surface area contributed by atoms with E-state index in [1.165, 1.54) is 0 Å². The summed E-state index contributed by atoms with van der Waals surface area (Å²) in [6.45, 7) is 49.8. The highest BCUT2D eigenvalue weighted by Gasteiger charge is 2.82. The highest BCUT2D eigenvalue weighted by Crippen LogP contribution is 2.55. The Morgan fingerprint density at radius 2 is 0.692 bits per heavy atom. The van der Waals surface area contributed by atoms with Crippen LogP contribution >= 0.6 is 0 Å². The monoisotopic (exact) mass is 507 g/mol. The summed E-state index contributed by atoms with van der Waals surface area (Å²) in [6.07, 6.45) is -1.21. The molecule has 0 aromatic rings. The maximum Gasteiger partial charge on any atom is 0.0308 e. The van der Waals surface area contributed by atoms with Gasteiger partial charge in [-0.3, -0.25) is 0 Å². The summed E-state index contributed by atoms with van der Waals surface area (Å²) in [5.41, 5.74) is 0. The maximum absolute atomic E-state index is 3.03. The SMILES string of the molecule is C[Si](C)(C)[Si]1[Si](C)(C)[Si](C)(C)[Si]([Si](C)(C)C)([Si](C)(C)C)[Si](C)(C)[Si]1(C)C. The topological polar surface area (TPSA) is 0 Å². The van der Waals surface area contributed by atoms with Crippen LogP contribution < -0.4 is 0 Å². The van der Waals surface area contributed by atoms with Gasteiger partial charge in [-0.25, -0.2) is 0 Å². The second-order valence-corrected chi connectivity index (χ2v) is 120. The smallest absolute Gasteiger partial charge is 0.0308 e. The first-order chi connectivity index (χ1) is 10.9. The average Bonchev–Trinajstić information content (AvgIpc) is 2.17. The zero-order valence-corrected chi connectivity index (χ0v) is 30.5. The van der Waals surface area contributed by atoms with Crippen molar-refractivity contribution in [2.24, 2.45) is 0 Å². The molecule has 0 nitrogen and oxygen atoms in total. The Bertz CT molecular complexity index is 512. The predicted molar refractivity (Wildman–Crippen MR) is 151 cm³/mol. The largest absolute Gasteiger partial charge is 0.0739 e. The summed E-state index contributed by atoms with van der Waals surface area (Å²) in [5.74, 6) is 0. The molecule has 1 fully saturated rings. The average molecular weight is 508 g/mol. The van der Waals surface area contributed by atoms with Crippen LogP contribution in [0.25, 0.3) is 0 Å². The molecule has 1 heterocycles. The van der Waals surface area contributed by atoms with Crippen LogP contribution in [0.2, 0.25) is 111 Å². The molecule has 0 unspecified atom stereocenters. The molecule has 0 aliphatic carbocycles. The normalized spacial score (nSPS) is 28.0. The molecule has 0 aromatic heterocycles. The Hall–Kier alpha value is 1.95. The van der Waals surface area contributed by atoms with Crippen LogP contribution in [0.5, 0.6) is 0 Å². The summed E-state index contributed by atoms with van der Waals surface area (Å²) in [5, 5.41) is 0. The van der Waals surface area contributed by atoms with Crippen molar-refractivity contribution < 1.29 is 0 Å². The van der Waals surface area contributed by atoms with Gasteiger partial charge in [0.15, 0.2) is 0 Å². The van der Waals surface area contributed by atoms with Crippen LogP contribution in [0.15, 0.2) is 0 Å². The van der Waals surface area contributed by atoms with Crippen molar-refractivity contribution in [3.8, 4) is 0 Å². The van der Waals surface area contributed by atoms with Crippen molar-refractivity contribution in [1.29, 1.82) is 0 Å². The number of hydrogen-bond acceptors (Lipinski definition) is 0. The van der Waals surface area contributed by atoms with Crippen LogP contribution in [-0.2, 0) is 0 Å². The maximum atomic E-state index is 3.03. The fourth-order valence-corrected chi connectivity index (χ4v) is 503. The van der Waals surface area contributed by atoms with E-state index in [1.54, 1.807) is 0 Å². The molecule has 1 rings (SSSR count). The van der Waals surface area contributed by atoms with Crippen molar-refractivity contribution in [3.63, 3.8) is 0 Å². The Kier molecular flexibility index (Phi) is 6.47. The molecule has 0 bridgehead atoms. The Morgan fingerprint density at radius 3 is 0.846 bits per heavy atom. The lowest BCUT2D eigenvalue weighted by atomic mass is 11.8. The summed E-state index contributed by atoms with van der Waals surface area (Å²) in [7, 11) is -8.08. The number of hydrogen-bond donors (Lipinski definition) is 0. The van der Waals surface area contributed by atoms with Crippen molar-refractivity contribution >= 4 is 64.7 Å². The predicted octanol–water partition coefficient (Wildman–Crippen LogP) is 6.50. The Morgan fingerprint density at radius 1 is 0.462 bits per heavy atom. The van der Waals surface area contributed by atoms with Crippen LogP contribution in [0, 0.1) is 0 Å². The van der Waals surface area contributed by atoms with Gasteiger partial charge in [-0.15, -0.1) is 0 Å². The van der Waals surface area contributed by atoms with E-state index in [9.17, 15) is 0 Å². The molecule has 1 saturated heterocycles. The van der Waals surface area contributed by atoms with Crippen LogP contribution in [0.3, 0.4) is 0 Å². The van der Waals surface area contributed by atoms with E-state index < -0.39 is 57.4 Å². The lowest BCUT2D eigenvalue weighted by molar-refractivity contribution is 1.74. The van der Waals surface area contributed by atoms with Gasteiger partial charge in [0.2, 0.25) is 0 Å². The standard InChI is InChI=1S/C17H51Si9/c1-19(2,3)18-22(10,11)24(14,15)26(20(4,5)6,21(7,8)9)25(16,17)23(18,12)13/h1-17H3. The van der Waals surface area contributed by atoms with Gasteiger partial charge in [0.1, 0.15) is 0 Å². The van der Waals surface area contributed by atoms with Gasteiger partial charge < -0.3 is 0 Å². The molecule has 1 aliphatic heterocycles. The lowest BCUT2D eigenvalue weighted by Crippen LogP contribution is -3.09. The van der Waals surface area contributed by atoms with Gasteiger partial charge >= 0.3 is 0 Å². The minimum Gasteiger partial charge on any atom is -0.0739 e. The molecule has 0 aromatic carbocycles. The van der Waals surface area contributed by atoms with E-state index in [-0.39, 0.29) is 7.35 Å². The summed E-state index contributed by atoms with van der Waals surface area (Å²) < 4.78 is 0. The summed E-state index contributed by atoms with van der Waals surface area (Å²) in [4.78, 5) is 0. The van der Waals surface area contributed by atoms with Crippen molar-refractivity contribution in [2.75, 3.05) is 0 Å². The van der Waals surface area contributed by atoms with Crippen molar-refractivity contribution in [3.05, 3.63) is 0 Å². The molecule has 0 saturated carbocycles. The highest BCUT2D eigenvalue weighted by atomic mass is 30.4. The Balaban J connectivity index is 4.23. The third-order valence-electron chi connectivity index (χ3n) is 9.25. The first kappa shape index (κ1) is 26.0. The van der Waals surface area contributed by atoms with Gasteiger partial charge in [0, 0.05) is 64.7 Å². The van der Waals surface area contributed by atoms with Gasteiger partial charge in [-0.05, 0) is 0 Å². The molecule has 0 spiro atoms. The highest BCUT2D eigenvalue weighted by molar-refractivity contribution is 8.29. The second-order valence-electron chi connectivity index (χ2n) is 14.4. The fraction of sp³-hybridized carbons (Fsp3) is 1.00. The second kappa shape index (κ2) is 6.47. The molecule has 0 N–H and O–H groups in total. The van der Waals surface area contributed by atoms with E-state index in [4.69, 9.17) is 0 Å². The first-order valence-electron chi connectivity index (χ1n) is 10.8. The lowest BCUT2D eigenvalue weighted by Gasteiger charge is -2.78. The molecule has 1 aliphatic rings. The summed E-state index contributed by atoms with van der Waals surface area (Å²) >= 11 is 0. The molecular weight excluding hydrogens is 457 g/mol. The first-order valence-corrected chi connectivity index (χ1v) is 45.8. The van der Waals surface area contributed by atoms with Crippen molar-refractivity contribution in [1.82, 2.24) is 0 Å². The van der Waals surface area contributed by atoms with Gasteiger partial charge in [0.05, 0.1) is 0 Å². The molecule has 0 amide bonds. The minimum atomic E-state index is -1.21. The third-order valence-corrected chi connectivity index (χ3v) is 254. The zero-order chi connectivity index (χ0) is 21.6. The third kappa shape index (κ3) is 2.95. The quantitative estimate of drug-likeness (QED) is 0.382. The van der Waals surface area contributed by atoms with Crippen LogP contribution in [0.1, 0.15) is 0 Å². The fourth-order valence-electron chi connectivity index (χ4n) is 9.88. The molecule has 155 valence electrons. The van der Waals surface area contributed by atoms with Crippen LogP contribution in [-0.4, -0.2) is 64.7 Å². The summed E-state index contributed by atoms with van der Waals surface area (Å²) in [6, 6.07) is 0.